The summed E-state index contributed by atoms with van der Waals surface area (Å²) in [7, 11) is 0. The summed E-state index contributed by atoms with van der Waals surface area (Å²) in [5, 5.41) is 2.37. The molecule has 4 nitrogen and oxygen atoms in total. The minimum Gasteiger partial charge on any atom is -0.406 e. The summed E-state index contributed by atoms with van der Waals surface area (Å²) in [5.74, 6) is -1.29. The van der Waals surface area contributed by atoms with Crippen LogP contribution in [0.5, 0.6) is 5.75 Å². The molecule has 1 amide bonds. The zero-order valence-electron chi connectivity index (χ0n) is 9.67. The SMILES string of the molecule is CC(=O)C=C1C(=O)Nc2cc(OC(F)(F)F)ccc21. The van der Waals surface area contributed by atoms with Crippen LogP contribution in [0, 0.1) is 0 Å². The fourth-order valence-electron chi connectivity index (χ4n) is 1.72. The minimum atomic E-state index is -4.80. The number of allylic oxidation sites excluding steroid dienone is 1. The highest BCUT2D eigenvalue weighted by Crippen LogP contribution is 2.35. The number of carbonyl (C=O) groups is 2. The van der Waals surface area contributed by atoms with Crippen molar-refractivity contribution in [3.05, 3.63) is 29.8 Å². The lowest BCUT2D eigenvalue weighted by atomic mass is 10.1. The first-order chi connectivity index (χ1) is 8.76. The Bertz CT molecular complexity index is 590. The number of amides is 1. The van der Waals surface area contributed by atoms with Gasteiger partial charge in [0.25, 0.3) is 5.91 Å². The molecule has 0 spiro atoms. The van der Waals surface area contributed by atoms with Gasteiger partial charge in [0.2, 0.25) is 0 Å². The topological polar surface area (TPSA) is 55.4 Å². The summed E-state index contributed by atoms with van der Waals surface area (Å²) in [6.45, 7) is 1.28. The number of rotatable bonds is 2. The van der Waals surface area contributed by atoms with Gasteiger partial charge in [-0.15, -0.1) is 13.2 Å². The molecule has 2 rings (SSSR count). The molecular formula is C12H8F3NO3. The third-order valence-electron chi connectivity index (χ3n) is 2.36. The number of halogens is 3. The van der Waals surface area contributed by atoms with Gasteiger partial charge >= 0.3 is 6.36 Å². The van der Waals surface area contributed by atoms with E-state index in [1.165, 1.54) is 13.0 Å². The maximum atomic E-state index is 12.1. The molecule has 0 fully saturated rings. The van der Waals surface area contributed by atoms with Gasteiger partial charge in [0.15, 0.2) is 5.78 Å². The highest BCUT2D eigenvalue weighted by atomic mass is 19.4. The molecule has 19 heavy (non-hydrogen) atoms. The molecule has 0 aliphatic carbocycles. The van der Waals surface area contributed by atoms with E-state index < -0.39 is 18.0 Å². The molecule has 0 atom stereocenters. The van der Waals surface area contributed by atoms with E-state index in [1.54, 1.807) is 0 Å². The zero-order chi connectivity index (χ0) is 14.2. The molecule has 100 valence electrons. The number of nitrogens with one attached hydrogen (secondary N) is 1. The van der Waals surface area contributed by atoms with E-state index in [0.29, 0.717) is 5.56 Å². The van der Waals surface area contributed by atoms with Crippen molar-refractivity contribution in [1.82, 2.24) is 0 Å². The average Bonchev–Trinajstić information content (AvgIpc) is 2.51. The van der Waals surface area contributed by atoms with E-state index in [0.717, 1.165) is 18.2 Å². The molecule has 0 radical (unpaired) electrons. The van der Waals surface area contributed by atoms with Gasteiger partial charge in [0, 0.05) is 11.6 Å². The monoisotopic (exact) mass is 271 g/mol. The number of ether oxygens (including phenoxy) is 1. The summed E-state index contributed by atoms with van der Waals surface area (Å²) in [6.07, 6.45) is -3.67. The molecule has 0 bridgehead atoms. The van der Waals surface area contributed by atoms with Crippen molar-refractivity contribution in [3.8, 4) is 5.75 Å². The first kappa shape index (κ1) is 13.1. The third kappa shape index (κ3) is 2.93. The first-order valence-corrected chi connectivity index (χ1v) is 5.20. The maximum absolute atomic E-state index is 12.1. The lowest BCUT2D eigenvalue weighted by molar-refractivity contribution is -0.274. The molecule has 7 heteroatoms. The summed E-state index contributed by atoms with van der Waals surface area (Å²) in [4.78, 5) is 22.5. The molecule has 1 aromatic carbocycles. The number of hydrogen-bond acceptors (Lipinski definition) is 3. The van der Waals surface area contributed by atoms with Crippen LogP contribution in [-0.4, -0.2) is 18.1 Å². The number of anilines is 1. The summed E-state index contributed by atoms with van der Waals surface area (Å²) in [6, 6.07) is 3.44. The smallest absolute Gasteiger partial charge is 0.406 e. The van der Waals surface area contributed by atoms with E-state index >= 15 is 0 Å². The summed E-state index contributed by atoms with van der Waals surface area (Å²) in [5.41, 5.74) is 0.676. The van der Waals surface area contributed by atoms with Crippen LogP contribution in [0.4, 0.5) is 18.9 Å². The van der Waals surface area contributed by atoms with E-state index in [-0.39, 0.29) is 17.0 Å². The van der Waals surface area contributed by atoms with Crippen LogP contribution in [0.1, 0.15) is 12.5 Å². The second-order valence-corrected chi connectivity index (χ2v) is 3.88. The fourth-order valence-corrected chi connectivity index (χ4v) is 1.72. The third-order valence-corrected chi connectivity index (χ3v) is 2.36. The van der Waals surface area contributed by atoms with Gasteiger partial charge in [0.1, 0.15) is 5.75 Å². The molecule has 1 heterocycles. The number of benzene rings is 1. The lowest BCUT2D eigenvalue weighted by Crippen LogP contribution is -2.17. The lowest BCUT2D eigenvalue weighted by Gasteiger charge is -2.09. The Kier molecular flexibility index (Phi) is 3.05. The van der Waals surface area contributed by atoms with Gasteiger partial charge in [-0.05, 0) is 25.1 Å². The predicted octanol–water partition coefficient (Wildman–Crippen LogP) is 2.51. The van der Waals surface area contributed by atoms with Crippen molar-refractivity contribution in [3.63, 3.8) is 0 Å². The molecule has 0 aromatic heterocycles. The van der Waals surface area contributed by atoms with E-state index in [1.807, 2.05) is 0 Å². The molecule has 1 aromatic rings. The molecular weight excluding hydrogens is 263 g/mol. The van der Waals surface area contributed by atoms with Crippen LogP contribution in [0.2, 0.25) is 0 Å². The number of carbonyl (C=O) groups excluding carboxylic acids is 2. The summed E-state index contributed by atoms with van der Waals surface area (Å²) < 4.78 is 39.9. The van der Waals surface area contributed by atoms with Crippen molar-refractivity contribution < 1.29 is 27.5 Å². The van der Waals surface area contributed by atoms with Crippen molar-refractivity contribution >= 4 is 23.0 Å². The molecule has 0 saturated carbocycles. The Morgan fingerprint density at radius 1 is 1.37 bits per heavy atom. The normalized spacial score (nSPS) is 16.2. The van der Waals surface area contributed by atoms with Gasteiger partial charge in [-0.1, -0.05) is 0 Å². The fraction of sp³-hybridized carbons (Fsp3) is 0.167. The zero-order valence-corrected chi connectivity index (χ0v) is 9.67. The number of fused-ring (bicyclic) bond motifs is 1. The molecule has 1 aliphatic rings. The Morgan fingerprint density at radius 2 is 2.05 bits per heavy atom. The predicted molar refractivity (Wildman–Crippen MR) is 60.4 cm³/mol. The van der Waals surface area contributed by atoms with Crippen molar-refractivity contribution in [1.29, 1.82) is 0 Å². The minimum absolute atomic E-state index is 0.126. The Labute approximate surface area is 105 Å². The Hall–Kier alpha value is -2.31. The molecule has 0 saturated heterocycles. The molecule has 1 N–H and O–H groups in total. The van der Waals surface area contributed by atoms with Gasteiger partial charge in [-0.25, -0.2) is 0 Å². The van der Waals surface area contributed by atoms with E-state index in [9.17, 15) is 22.8 Å². The van der Waals surface area contributed by atoms with Gasteiger partial charge in [0.05, 0.1) is 11.3 Å². The van der Waals surface area contributed by atoms with Crippen molar-refractivity contribution in [2.24, 2.45) is 0 Å². The van der Waals surface area contributed by atoms with E-state index in [4.69, 9.17) is 0 Å². The highest BCUT2D eigenvalue weighted by molar-refractivity contribution is 6.34. The quantitative estimate of drug-likeness (QED) is 0.841. The Balaban J connectivity index is 2.37. The maximum Gasteiger partial charge on any atom is 0.573 e. The van der Waals surface area contributed by atoms with Crippen molar-refractivity contribution in [2.75, 3.05) is 5.32 Å². The molecule has 0 unspecified atom stereocenters. The van der Waals surface area contributed by atoms with Crippen LogP contribution in [0.3, 0.4) is 0 Å². The average molecular weight is 271 g/mol. The van der Waals surface area contributed by atoms with Crippen LogP contribution < -0.4 is 10.1 Å². The van der Waals surface area contributed by atoms with Gasteiger partial charge in [-0.3, -0.25) is 9.59 Å². The van der Waals surface area contributed by atoms with Crippen LogP contribution in [0.15, 0.2) is 24.3 Å². The second kappa shape index (κ2) is 4.42. The number of alkyl halides is 3. The standard InChI is InChI=1S/C12H8F3NO3/c1-6(17)4-9-8-3-2-7(19-12(13,14)15)5-10(8)16-11(9)18/h2-5H,1H3,(H,16,18). The summed E-state index contributed by atoms with van der Waals surface area (Å²) >= 11 is 0. The molecule has 1 aliphatic heterocycles. The van der Waals surface area contributed by atoms with E-state index in [2.05, 4.69) is 10.1 Å². The first-order valence-electron chi connectivity index (χ1n) is 5.20. The van der Waals surface area contributed by atoms with Gasteiger partial charge in [-0.2, -0.15) is 0 Å². The van der Waals surface area contributed by atoms with Gasteiger partial charge < -0.3 is 10.1 Å². The highest BCUT2D eigenvalue weighted by Gasteiger charge is 2.32. The van der Waals surface area contributed by atoms with Crippen LogP contribution >= 0.6 is 0 Å². The van der Waals surface area contributed by atoms with Crippen molar-refractivity contribution in [2.45, 2.75) is 13.3 Å². The second-order valence-electron chi connectivity index (χ2n) is 3.88. The largest absolute Gasteiger partial charge is 0.573 e. The Morgan fingerprint density at radius 3 is 2.63 bits per heavy atom. The number of hydrogen-bond donors (Lipinski definition) is 1. The van der Waals surface area contributed by atoms with Crippen LogP contribution in [-0.2, 0) is 9.59 Å². The number of ketones is 1. The van der Waals surface area contributed by atoms with Crippen LogP contribution in [0.25, 0.3) is 5.57 Å².